The Morgan fingerprint density at radius 3 is 1.33 bits per heavy atom. The zero-order valence-electron chi connectivity index (χ0n) is 73.1. The minimum atomic E-state index is -5.08. The van der Waals surface area contributed by atoms with E-state index in [4.69, 9.17) is 67.7 Å². The van der Waals surface area contributed by atoms with Gasteiger partial charge in [-0.3, -0.25) is 9.59 Å². The van der Waals surface area contributed by atoms with E-state index in [1.54, 1.807) is 48.0 Å². The zero-order valence-corrected chi connectivity index (χ0v) is 92.6. The first-order valence-electron chi connectivity index (χ1n) is 37.4. The molecular formula is C84H58BBrCl2Cs2F7N20O18S6. The summed E-state index contributed by atoms with van der Waals surface area (Å²) in [6.45, 7) is -0.181. The first kappa shape index (κ1) is 115. The third kappa shape index (κ3) is 28.6. The fraction of sp³-hybridized carbons (Fsp3) is 0.0952. The van der Waals surface area contributed by atoms with Crippen LogP contribution in [0, 0.1) is 74.7 Å². The number of carbonyl (C=O) groups is 1. The summed E-state index contributed by atoms with van der Waals surface area (Å²) in [5.74, 6) is -14.5. The van der Waals surface area contributed by atoms with Gasteiger partial charge < -0.3 is 59.8 Å². The van der Waals surface area contributed by atoms with Gasteiger partial charge in [0, 0.05) is 66.6 Å². The third-order valence-electron chi connectivity index (χ3n) is 18.2. The summed E-state index contributed by atoms with van der Waals surface area (Å²) in [4.78, 5) is 61.3. The molecule has 0 aliphatic carbocycles. The maximum absolute atomic E-state index is 14.0. The van der Waals surface area contributed by atoms with E-state index >= 15 is 0 Å². The summed E-state index contributed by atoms with van der Waals surface area (Å²) >= 11 is 19.1. The zero-order chi connectivity index (χ0) is 99.9. The smallest absolute Gasteiger partial charge is 1.00 e. The van der Waals surface area contributed by atoms with Crippen molar-refractivity contribution in [2.24, 2.45) is 0 Å². The minimum absolute atomic E-state index is 0. The van der Waals surface area contributed by atoms with Crippen molar-refractivity contribution in [3.05, 3.63) is 268 Å². The monoisotopic (exact) mass is 2380 g/mol. The molecule has 8 aromatic carbocycles. The largest absolute Gasteiger partial charge is 1.00 e. The average molecular weight is 2390 g/mol. The first-order chi connectivity index (χ1) is 66.1. The van der Waals surface area contributed by atoms with Crippen LogP contribution in [0.4, 0.5) is 35.9 Å². The van der Waals surface area contributed by atoms with Crippen molar-refractivity contribution in [3.63, 3.8) is 0 Å². The second-order valence-corrected chi connectivity index (χ2v) is 36.2. The van der Waals surface area contributed by atoms with Crippen LogP contribution in [0.1, 0.15) is 35.6 Å². The Labute approximate surface area is 943 Å². The van der Waals surface area contributed by atoms with Gasteiger partial charge in [-0.2, -0.15) is 33.0 Å². The second-order valence-electron chi connectivity index (χ2n) is 26.3. The Hall–Kier alpha value is -11.3. The SMILES string of the molecule is C.COc1cc(-c2cc(F)cnc2OC)c(C#N)cc1-c1ncnc2cc(S(=O)(=O)Cc3nncs3)ccc12.COc1cc(Cl)c(C#N)cc1-c1ncnc2cc(S(=O)(=O)Cc3nncs3)ccc12.COc1cc(Cl)c(C#N)cc1-c1ncnc2cc(S(=O)(=O)Oc3c(F)c(F)c(F)c(F)c3F)ccc12.COc1ncc(F)cc1O[B]O.Nc1nncs1.O=CO[O-].O=c1[nH]cnc2cc(Br)ccc12.[Cs+].[Cs+].[H-]. The predicted molar refractivity (Wildman–Crippen MR) is 493 cm³/mol. The van der Waals surface area contributed by atoms with Gasteiger partial charge in [0.05, 0.1) is 141 Å². The van der Waals surface area contributed by atoms with Crippen LogP contribution in [0.5, 0.6) is 40.5 Å². The average Bonchev–Trinajstić information content (AvgIpc) is 0.939. The van der Waals surface area contributed by atoms with Crippen LogP contribution in [0.3, 0.4) is 0 Å². The molecule has 0 saturated heterocycles. The molecule has 38 nitrogen and oxygen atoms in total. The van der Waals surface area contributed by atoms with Crippen molar-refractivity contribution in [1.29, 1.82) is 15.8 Å². The number of hydrogen-bond donors (Lipinski definition) is 3. The Kier molecular flexibility index (Phi) is 43.4. The Bertz CT molecular complexity index is 7990. The maximum atomic E-state index is 14.0. The molecule has 713 valence electrons. The van der Waals surface area contributed by atoms with Gasteiger partial charge in [0.2, 0.25) is 45.8 Å². The number of nitrogen functional groups attached to an aromatic ring is 1. The van der Waals surface area contributed by atoms with Gasteiger partial charge in [-0.05, 0) is 103 Å². The number of benzene rings is 8. The summed E-state index contributed by atoms with van der Waals surface area (Å²) in [6.07, 6.45) is 7.12. The Balaban J connectivity index is 0.000000245. The molecule has 0 saturated carbocycles. The molecule has 57 heteroatoms. The van der Waals surface area contributed by atoms with Crippen LogP contribution in [-0.4, -0.2) is 160 Å². The molecule has 0 aliphatic heterocycles. The van der Waals surface area contributed by atoms with Gasteiger partial charge in [-0.15, -0.1) is 53.3 Å². The van der Waals surface area contributed by atoms with E-state index in [-0.39, 0.29) is 252 Å². The number of rotatable bonds is 21. The number of nitriles is 3. The van der Waals surface area contributed by atoms with Crippen molar-refractivity contribution in [1.82, 2.24) is 80.4 Å². The number of nitrogens with zero attached hydrogens (tertiary/aromatic N) is 18. The Morgan fingerprint density at radius 1 is 0.504 bits per heavy atom. The normalized spacial score (nSPS) is 10.6. The van der Waals surface area contributed by atoms with Crippen molar-refractivity contribution >= 4 is 166 Å². The van der Waals surface area contributed by atoms with Crippen LogP contribution in [-0.2, 0) is 51.0 Å². The van der Waals surface area contributed by atoms with E-state index in [9.17, 15) is 76.6 Å². The molecule has 17 aromatic rings. The molecule has 0 amide bonds. The molecule has 17 rings (SSSR count). The molecule has 0 spiro atoms. The van der Waals surface area contributed by atoms with Crippen LogP contribution < -0.4 is 187 Å². The van der Waals surface area contributed by atoms with Gasteiger partial charge in [0.1, 0.15) is 103 Å². The summed E-state index contributed by atoms with van der Waals surface area (Å²) in [6, 6.07) is 35.1. The number of nitrogens with one attached hydrogen (secondary N) is 1. The molecule has 1 radical (unpaired) electrons. The number of nitrogens with two attached hydrogens (primary N) is 1. The number of ether oxygens (including phenoxy) is 5. The number of carbonyl (C=O) groups excluding carboxylic acids is 1. The summed E-state index contributed by atoms with van der Waals surface area (Å²) in [5, 5.41) is 70.9. The molecule has 9 heterocycles. The molecule has 0 fully saturated rings. The predicted octanol–water partition coefficient (Wildman–Crippen LogP) is 8.29. The number of hydrogen-bond acceptors (Lipinski definition) is 40. The number of anilines is 1. The standard InChI is InChI=1S/C25H17FN6O4S2.C22H9ClF5N3O4S.C19H12ClN5O3S2.C8H5BrN2O.C6H6BFNO3.C2H3N3S.CH2O3.CH4.2Cs.H/c1-35-22-8-18(19-6-15(26)10-28-25(19)36-2)14(9-27)5-20(22)24-17-4-3-16(7-21(17)29-12-30-24)38(33,34)11-23-32-31-13-37-23;1-34-15-6-13(23)9(7-29)4-12(15)21-11-3-2-10(5-14(11)30-8-31-21)36(32,33)35-22-19(27)17(25)16(24)18(26)20(22)28;1-28-17-6-15(20)11(7-21)4-14(17)19-13-3-2-12(5-16(13)22-9-23-19)30(26,27)8-18-25-24-10-29-18;9-5-1-2-6-7(3-5)10-4-11-8(6)12;1-11-6-5(12-7-10)2-4(8)3-9-6;3-2-5-4-1-6-2;2-1-4-3;;;;/h3-8,10,12-13H,11H2,1-2H3;2-6,8H,1H3;2-6,9-10H,8H2,1H3;1-4H,(H,10,11,12);2-3,10H,1H3;1H,(H2,3,5);1,3H;1H4;;;/q;;;;;;;;2*+1;-1/p-1. The number of aromatic amines is 1. The van der Waals surface area contributed by atoms with Crippen molar-refractivity contribution in [3.8, 4) is 104 Å². The van der Waals surface area contributed by atoms with Crippen molar-refractivity contribution in [2.45, 2.75) is 33.6 Å². The van der Waals surface area contributed by atoms with Crippen LogP contribution in [0.2, 0.25) is 10.0 Å². The molecule has 4 N–H and O–H groups in total. The molecule has 0 bridgehead atoms. The van der Waals surface area contributed by atoms with Crippen LogP contribution >= 0.6 is 73.1 Å². The first-order valence-corrected chi connectivity index (χ1v) is 46.3. The van der Waals surface area contributed by atoms with Gasteiger partial charge in [-0.1, -0.05) is 57.9 Å². The van der Waals surface area contributed by atoms with Crippen LogP contribution in [0.25, 0.3) is 88.5 Å². The van der Waals surface area contributed by atoms with E-state index in [1.165, 1.54) is 137 Å². The van der Waals surface area contributed by atoms with Crippen molar-refractivity contribution < 1.29 is 248 Å². The number of H-pyrrole nitrogens is 1. The number of pyridine rings is 2. The number of methoxy groups -OCH3 is 5. The van der Waals surface area contributed by atoms with E-state index in [0.717, 1.165) is 52.7 Å². The maximum Gasteiger partial charge on any atom is 1.00 e. The van der Waals surface area contributed by atoms with Gasteiger partial charge in [-0.25, -0.2) is 83.6 Å². The fourth-order valence-corrected chi connectivity index (χ4v) is 18.4. The van der Waals surface area contributed by atoms with E-state index in [0.29, 0.717) is 101 Å². The molecule has 9 aromatic heterocycles. The minimum Gasteiger partial charge on any atom is -1.00 e. The number of sulfone groups is 2. The van der Waals surface area contributed by atoms with E-state index in [1.807, 2.05) is 24.3 Å². The fourth-order valence-electron chi connectivity index (χ4n) is 12.1. The number of halogens is 10. The molecule has 141 heavy (non-hydrogen) atoms. The quantitative estimate of drug-likeness (QED) is 0.00889. The molecule has 0 unspecified atom stereocenters. The summed E-state index contributed by atoms with van der Waals surface area (Å²) in [7, 11) is -4.90. The number of aromatic nitrogens is 16. The third-order valence-corrected chi connectivity index (χ3v) is 26.0. The van der Waals surface area contributed by atoms with Gasteiger partial charge in [0.25, 0.3) is 17.9 Å². The topological polar surface area (TPSA) is 560 Å². The van der Waals surface area contributed by atoms with Gasteiger partial charge >= 0.3 is 156 Å². The van der Waals surface area contributed by atoms with E-state index < -0.39 is 81.2 Å². The van der Waals surface area contributed by atoms with E-state index in [2.05, 4.69) is 116 Å². The summed E-state index contributed by atoms with van der Waals surface area (Å²) < 4.78 is 207. The molecule has 0 aliphatic rings. The Morgan fingerprint density at radius 2 is 0.915 bits per heavy atom. The molecule has 0 atom stereocenters. The van der Waals surface area contributed by atoms with Crippen LogP contribution in [0.15, 0.2) is 200 Å². The van der Waals surface area contributed by atoms with Crippen molar-refractivity contribution in [2.75, 3.05) is 41.3 Å². The molecular weight excluding hydrogens is 2330 g/mol. The van der Waals surface area contributed by atoms with Gasteiger partial charge in [0.15, 0.2) is 25.4 Å². The number of fused-ring (bicyclic) bond motifs is 4. The second kappa shape index (κ2) is 53.2. The summed E-state index contributed by atoms with van der Waals surface area (Å²) in [5.41, 5.74) is 14.8.